The van der Waals surface area contributed by atoms with E-state index in [9.17, 15) is 4.79 Å². The Labute approximate surface area is 187 Å². The summed E-state index contributed by atoms with van der Waals surface area (Å²) in [4.78, 5) is 14.2. The van der Waals surface area contributed by atoms with Gasteiger partial charge in [0, 0.05) is 5.69 Å². The van der Waals surface area contributed by atoms with Crippen LogP contribution in [0.2, 0.25) is 0 Å². The largest absolute Gasteiger partial charge is 0.325 e. The Balaban J connectivity index is 1.81. The van der Waals surface area contributed by atoms with Gasteiger partial charge in [0.2, 0.25) is 5.91 Å². The fourth-order valence-electron chi connectivity index (χ4n) is 3.98. The second-order valence-corrected chi connectivity index (χ2v) is 8.96. The van der Waals surface area contributed by atoms with Crippen molar-refractivity contribution in [1.29, 1.82) is 0 Å². The molecule has 1 rings (SSSR count). The summed E-state index contributed by atoms with van der Waals surface area (Å²) in [5, 5.41) is 2.95. The zero-order valence-electron chi connectivity index (χ0n) is 20.0. The van der Waals surface area contributed by atoms with Crippen LogP contribution in [-0.4, -0.2) is 30.9 Å². The van der Waals surface area contributed by atoms with Gasteiger partial charge in [-0.05, 0) is 32.1 Å². The number of carbonyl (C=O) groups is 1. The molecule has 3 heteroatoms. The molecule has 1 aromatic carbocycles. The summed E-state index contributed by atoms with van der Waals surface area (Å²) in [6.07, 6.45) is 22.3. The molecule has 0 aromatic heterocycles. The van der Waals surface area contributed by atoms with E-state index < -0.39 is 0 Å². The highest BCUT2D eigenvalue weighted by atomic mass is 16.2. The van der Waals surface area contributed by atoms with E-state index in [-0.39, 0.29) is 5.91 Å². The minimum atomic E-state index is 0.0696. The molecule has 172 valence electrons. The fourth-order valence-corrected chi connectivity index (χ4v) is 3.98. The molecule has 1 amide bonds. The van der Waals surface area contributed by atoms with Gasteiger partial charge in [-0.15, -0.1) is 0 Å². The van der Waals surface area contributed by atoms with Crippen molar-refractivity contribution in [2.45, 2.75) is 110 Å². The predicted octanol–water partition coefficient (Wildman–Crippen LogP) is 7.82. The third-order valence-electron chi connectivity index (χ3n) is 5.86. The lowest BCUT2D eigenvalue weighted by Crippen LogP contribution is -2.30. The zero-order valence-corrected chi connectivity index (χ0v) is 20.0. The first-order valence-electron chi connectivity index (χ1n) is 12.8. The van der Waals surface area contributed by atoms with E-state index in [1.165, 1.54) is 103 Å². The highest BCUT2D eigenvalue weighted by Gasteiger charge is 2.06. The Hall–Kier alpha value is -1.35. The number of hydrogen-bond acceptors (Lipinski definition) is 2. The minimum Gasteiger partial charge on any atom is -0.325 e. The second-order valence-electron chi connectivity index (χ2n) is 8.96. The fraction of sp³-hybridized carbons (Fsp3) is 0.741. The van der Waals surface area contributed by atoms with Crippen molar-refractivity contribution < 1.29 is 4.79 Å². The lowest BCUT2D eigenvalue weighted by molar-refractivity contribution is -0.117. The SMILES string of the molecule is CCCCCCCCCCCCCCCCCCN(C)CC(=O)Nc1ccccc1. The monoisotopic (exact) mass is 416 g/mol. The van der Waals surface area contributed by atoms with E-state index in [2.05, 4.69) is 17.1 Å². The second kappa shape index (κ2) is 19.6. The first-order valence-corrected chi connectivity index (χ1v) is 12.8. The van der Waals surface area contributed by atoms with Crippen LogP contribution in [0.4, 0.5) is 5.69 Å². The van der Waals surface area contributed by atoms with Crippen LogP contribution in [0.3, 0.4) is 0 Å². The molecule has 0 saturated heterocycles. The van der Waals surface area contributed by atoms with Crippen LogP contribution in [0.1, 0.15) is 110 Å². The zero-order chi connectivity index (χ0) is 21.7. The average molecular weight is 417 g/mol. The van der Waals surface area contributed by atoms with Gasteiger partial charge in [0.05, 0.1) is 6.54 Å². The highest BCUT2D eigenvalue weighted by molar-refractivity contribution is 5.92. The maximum absolute atomic E-state index is 12.0. The number of unbranched alkanes of at least 4 members (excludes halogenated alkanes) is 15. The average Bonchev–Trinajstić information content (AvgIpc) is 2.74. The normalized spacial score (nSPS) is 11.2. The Morgan fingerprint density at radius 3 is 1.60 bits per heavy atom. The molecule has 30 heavy (non-hydrogen) atoms. The van der Waals surface area contributed by atoms with E-state index in [4.69, 9.17) is 0 Å². The van der Waals surface area contributed by atoms with Gasteiger partial charge in [-0.1, -0.05) is 121 Å². The number of carbonyl (C=O) groups excluding carboxylic acids is 1. The Morgan fingerprint density at radius 2 is 1.13 bits per heavy atom. The van der Waals surface area contributed by atoms with Crippen molar-refractivity contribution in [3.8, 4) is 0 Å². The number of anilines is 1. The molecule has 0 aliphatic heterocycles. The van der Waals surface area contributed by atoms with Crippen LogP contribution in [0, 0.1) is 0 Å². The van der Waals surface area contributed by atoms with Gasteiger partial charge >= 0.3 is 0 Å². The highest BCUT2D eigenvalue weighted by Crippen LogP contribution is 2.13. The topological polar surface area (TPSA) is 32.3 Å². The lowest BCUT2D eigenvalue weighted by atomic mass is 10.0. The molecule has 0 unspecified atom stereocenters. The van der Waals surface area contributed by atoms with Gasteiger partial charge in [-0.2, -0.15) is 0 Å². The van der Waals surface area contributed by atoms with Crippen LogP contribution in [0.5, 0.6) is 0 Å². The molecule has 0 radical (unpaired) electrons. The summed E-state index contributed by atoms with van der Waals surface area (Å²) < 4.78 is 0. The first-order chi connectivity index (χ1) is 14.7. The molecule has 0 heterocycles. The number of likely N-dealkylation sites (N-methyl/N-ethyl adjacent to an activating group) is 1. The number of benzene rings is 1. The number of hydrogen-bond donors (Lipinski definition) is 1. The van der Waals surface area contributed by atoms with Gasteiger partial charge in [0.15, 0.2) is 0 Å². The molecule has 0 fully saturated rings. The maximum atomic E-state index is 12.0. The van der Waals surface area contributed by atoms with Crippen molar-refractivity contribution >= 4 is 11.6 Å². The van der Waals surface area contributed by atoms with Gasteiger partial charge in [0.25, 0.3) is 0 Å². The number of nitrogens with zero attached hydrogens (tertiary/aromatic N) is 1. The van der Waals surface area contributed by atoms with Gasteiger partial charge in [-0.25, -0.2) is 0 Å². The molecule has 0 aliphatic carbocycles. The van der Waals surface area contributed by atoms with Gasteiger partial charge < -0.3 is 5.32 Å². The third-order valence-corrected chi connectivity index (χ3v) is 5.86. The van der Waals surface area contributed by atoms with Crippen molar-refractivity contribution in [2.75, 3.05) is 25.5 Å². The molecular weight excluding hydrogens is 368 g/mol. The van der Waals surface area contributed by atoms with Crippen LogP contribution in [0.15, 0.2) is 30.3 Å². The van der Waals surface area contributed by atoms with E-state index in [1.54, 1.807) is 0 Å². The molecule has 0 aliphatic rings. The van der Waals surface area contributed by atoms with Crippen LogP contribution >= 0.6 is 0 Å². The Kier molecular flexibility index (Phi) is 17.4. The van der Waals surface area contributed by atoms with Crippen molar-refractivity contribution in [3.63, 3.8) is 0 Å². The van der Waals surface area contributed by atoms with E-state index >= 15 is 0 Å². The first kappa shape index (κ1) is 26.7. The summed E-state index contributed by atoms with van der Waals surface area (Å²) in [6.45, 7) is 3.75. The standard InChI is InChI=1S/C27H48N2O/c1-3-4-5-6-7-8-9-10-11-12-13-14-15-16-17-21-24-29(2)25-27(30)28-26-22-19-18-20-23-26/h18-20,22-23H,3-17,21,24-25H2,1-2H3,(H,28,30). The number of para-hydroxylation sites is 1. The molecule has 3 nitrogen and oxygen atoms in total. The van der Waals surface area contributed by atoms with E-state index in [0.717, 1.165) is 12.2 Å². The Morgan fingerprint density at radius 1 is 0.700 bits per heavy atom. The maximum Gasteiger partial charge on any atom is 0.238 e. The lowest BCUT2D eigenvalue weighted by Gasteiger charge is -2.16. The van der Waals surface area contributed by atoms with Crippen LogP contribution in [-0.2, 0) is 4.79 Å². The van der Waals surface area contributed by atoms with Gasteiger partial charge in [0.1, 0.15) is 0 Å². The summed E-state index contributed by atoms with van der Waals surface area (Å²) >= 11 is 0. The van der Waals surface area contributed by atoms with Gasteiger partial charge in [-0.3, -0.25) is 9.69 Å². The van der Waals surface area contributed by atoms with E-state index in [0.29, 0.717) is 6.54 Å². The third kappa shape index (κ3) is 16.4. The molecule has 0 atom stereocenters. The molecule has 0 bridgehead atoms. The molecule has 0 saturated carbocycles. The van der Waals surface area contributed by atoms with Crippen molar-refractivity contribution in [1.82, 2.24) is 4.90 Å². The van der Waals surface area contributed by atoms with Crippen molar-refractivity contribution in [2.24, 2.45) is 0 Å². The number of nitrogens with one attached hydrogen (secondary N) is 1. The Bertz CT molecular complexity index is 503. The van der Waals surface area contributed by atoms with Crippen LogP contribution < -0.4 is 5.32 Å². The molecular formula is C27H48N2O. The summed E-state index contributed by atoms with van der Waals surface area (Å²) in [7, 11) is 2.04. The summed E-state index contributed by atoms with van der Waals surface area (Å²) in [6, 6.07) is 9.69. The molecule has 1 N–H and O–H groups in total. The van der Waals surface area contributed by atoms with E-state index in [1.807, 2.05) is 37.4 Å². The summed E-state index contributed by atoms with van der Waals surface area (Å²) in [5.74, 6) is 0.0696. The molecule has 1 aromatic rings. The van der Waals surface area contributed by atoms with Crippen LogP contribution in [0.25, 0.3) is 0 Å². The number of amides is 1. The quantitative estimate of drug-likeness (QED) is 0.220. The number of rotatable bonds is 20. The summed E-state index contributed by atoms with van der Waals surface area (Å²) in [5.41, 5.74) is 0.873. The predicted molar refractivity (Wildman–Crippen MR) is 132 cm³/mol. The minimum absolute atomic E-state index is 0.0696. The van der Waals surface area contributed by atoms with Crippen molar-refractivity contribution in [3.05, 3.63) is 30.3 Å². The smallest absolute Gasteiger partial charge is 0.238 e. The molecule has 0 spiro atoms.